The molecule has 1 rings (SSSR count). The molecular formula is C13H20BrN3O3. The molecule has 6 nitrogen and oxygen atoms in total. The predicted molar refractivity (Wildman–Crippen MR) is 82.1 cm³/mol. The van der Waals surface area contributed by atoms with E-state index in [1.165, 1.54) is 6.20 Å². The molecule has 0 fully saturated rings. The van der Waals surface area contributed by atoms with Crippen molar-refractivity contribution >= 4 is 27.4 Å². The van der Waals surface area contributed by atoms with E-state index < -0.39 is 4.92 Å². The third-order valence-electron chi connectivity index (χ3n) is 2.75. The normalized spacial score (nSPS) is 10.8. The van der Waals surface area contributed by atoms with Gasteiger partial charge in [-0.1, -0.05) is 0 Å². The van der Waals surface area contributed by atoms with Crippen LogP contribution in [-0.2, 0) is 4.74 Å². The van der Waals surface area contributed by atoms with Crippen molar-refractivity contribution < 1.29 is 9.66 Å². The highest BCUT2D eigenvalue weighted by atomic mass is 79.9. The highest BCUT2D eigenvalue weighted by Crippen LogP contribution is 2.30. The Morgan fingerprint density at radius 1 is 1.50 bits per heavy atom. The van der Waals surface area contributed by atoms with Gasteiger partial charge in [-0.3, -0.25) is 10.1 Å². The minimum absolute atomic E-state index is 0.0211. The van der Waals surface area contributed by atoms with Gasteiger partial charge >= 0.3 is 0 Å². The van der Waals surface area contributed by atoms with E-state index >= 15 is 0 Å². The maximum atomic E-state index is 10.8. The summed E-state index contributed by atoms with van der Waals surface area (Å²) in [7, 11) is 0. The predicted octanol–water partition coefficient (Wildman–Crippen LogP) is 3.68. The number of rotatable bonds is 8. The summed E-state index contributed by atoms with van der Waals surface area (Å²) in [6.45, 7) is 7.22. The molecule has 0 aliphatic carbocycles. The van der Waals surface area contributed by atoms with Crippen molar-refractivity contribution in [1.29, 1.82) is 0 Å². The van der Waals surface area contributed by atoms with Crippen LogP contribution in [0.15, 0.2) is 10.7 Å². The number of aromatic nitrogens is 1. The van der Waals surface area contributed by atoms with Crippen LogP contribution < -0.4 is 5.32 Å². The van der Waals surface area contributed by atoms with Crippen molar-refractivity contribution in [2.45, 2.75) is 39.7 Å². The monoisotopic (exact) mass is 345 g/mol. The van der Waals surface area contributed by atoms with Crippen molar-refractivity contribution in [2.75, 3.05) is 18.5 Å². The maximum Gasteiger partial charge on any atom is 0.291 e. The number of nitrogens with zero attached hydrogens (tertiary/aromatic N) is 2. The average Bonchev–Trinajstić information content (AvgIpc) is 2.37. The molecule has 0 aliphatic heterocycles. The molecule has 0 amide bonds. The molecule has 0 aliphatic rings. The SMILES string of the molecule is Cc1c([N+](=O)[O-])cnc(NCCCCOC(C)C)c1Br. The van der Waals surface area contributed by atoms with Crippen LogP contribution in [-0.4, -0.2) is 29.2 Å². The molecular weight excluding hydrogens is 326 g/mol. The smallest absolute Gasteiger partial charge is 0.291 e. The summed E-state index contributed by atoms with van der Waals surface area (Å²) in [5.41, 5.74) is 0.600. The maximum absolute atomic E-state index is 10.8. The van der Waals surface area contributed by atoms with Gasteiger partial charge in [0, 0.05) is 18.7 Å². The van der Waals surface area contributed by atoms with Crippen molar-refractivity contribution in [3.8, 4) is 0 Å². The number of anilines is 1. The first-order valence-electron chi connectivity index (χ1n) is 6.58. The average molecular weight is 346 g/mol. The van der Waals surface area contributed by atoms with Gasteiger partial charge in [0.15, 0.2) is 0 Å². The first-order valence-corrected chi connectivity index (χ1v) is 7.37. The Morgan fingerprint density at radius 2 is 2.20 bits per heavy atom. The second-order valence-corrected chi connectivity index (χ2v) is 5.53. The van der Waals surface area contributed by atoms with Crippen LogP contribution in [0.5, 0.6) is 0 Å². The van der Waals surface area contributed by atoms with E-state index in [-0.39, 0.29) is 11.8 Å². The topological polar surface area (TPSA) is 77.3 Å². The first-order chi connectivity index (χ1) is 9.43. The van der Waals surface area contributed by atoms with E-state index in [4.69, 9.17) is 4.74 Å². The summed E-state index contributed by atoms with van der Waals surface area (Å²) in [6, 6.07) is 0. The third kappa shape index (κ3) is 5.05. The molecule has 20 heavy (non-hydrogen) atoms. The molecule has 0 saturated heterocycles. The molecule has 0 spiro atoms. The Labute approximate surface area is 127 Å². The molecule has 112 valence electrons. The molecule has 0 radical (unpaired) electrons. The summed E-state index contributed by atoms with van der Waals surface area (Å²) < 4.78 is 6.10. The number of hydrogen-bond acceptors (Lipinski definition) is 5. The van der Waals surface area contributed by atoms with E-state index in [2.05, 4.69) is 26.2 Å². The number of halogens is 1. The highest BCUT2D eigenvalue weighted by molar-refractivity contribution is 9.10. The van der Waals surface area contributed by atoms with Crippen molar-refractivity contribution in [2.24, 2.45) is 0 Å². The Hall–Kier alpha value is -1.21. The van der Waals surface area contributed by atoms with Crippen molar-refractivity contribution in [1.82, 2.24) is 4.98 Å². The van der Waals surface area contributed by atoms with E-state index in [1.54, 1.807) is 6.92 Å². The molecule has 0 bridgehead atoms. The second-order valence-electron chi connectivity index (χ2n) is 4.74. The number of nitrogens with one attached hydrogen (secondary N) is 1. The first kappa shape index (κ1) is 16.8. The Bertz CT molecular complexity index is 466. The van der Waals surface area contributed by atoms with Crippen molar-refractivity contribution in [3.63, 3.8) is 0 Å². The second kappa shape index (κ2) is 8.16. The minimum atomic E-state index is -0.430. The van der Waals surface area contributed by atoms with E-state index in [9.17, 15) is 10.1 Å². The molecule has 1 aromatic rings. The summed E-state index contributed by atoms with van der Waals surface area (Å²) in [5, 5.41) is 14.0. The van der Waals surface area contributed by atoms with E-state index in [0.717, 1.165) is 26.0 Å². The summed E-state index contributed by atoms with van der Waals surface area (Å²) >= 11 is 3.35. The molecule has 0 atom stereocenters. The van der Waals surface area contributed by atoms with Gasteiger partial charge in [-0.2, -0.15) is 0 Å². The largest absolute Gasteiger partial charge is 0.379 e. The third-order valence-corrected chi connectivity index (χ3v) is 3.72. The van der Waals surface area contributed by atoms with Gasteiger partial charge in [-0.05, 0) is 49.5 Å². The number of nitro groups is 1. The molecule has 1 aromatic heterocycles. The van der Waals surface area contributed by atoms with Gasteiger partial charge in [0.2, 0.25) is 0 Å². The molecule has 1 N–H and O–H groups in total. The Morgan fingerprint density at radius 3 is 2.80 bits per heavy atom. The lowest BCUT2D eigenvalue weighted by Gasteiger charge is -2.10. The fourth-order valence-corrected chi connectivity index (χ4v) is 2.08. The van der Waals surface area contributed by atoms with Crippen LogP contribution in [0.4, 0.5) is 11.5 Å². The van der Waals surface area contributed by atoms with E-state index in [1.807, 2.05) is 13.8 Å². The van der Waals surface area contributed by atoms with Gasteiger partial charge < -0.3 is 10.1 Å². The number of pyridine rings is 1. The standard InChI is InChI=1S/C13H20BrN3O3/c1-9(2)20-7-5-4-6-15-13-12(14)10(3)11(8-16-13)17(18)19/h8-9H,4-7H2,1-3H3,(H,15,16). The number of ether oxygens (including phenoxy) is 1. The van der Waals surface area contributed by atoms with Crippen LogP contribution in [0.3, 0.4) is 0 Å². The minimum Gasteiger partial charge on any atom is -0.379 e. The lowest BCUT2D eigenvalue weighted by Crippen LogP contribution is -2.08. The molecule has 7 heteroatoms. The zero-order valence-electron chi connectivity index (χ0n) is 12.0. The summed E-state index contributed by atoms with van der Waals surface area (Å²) in [5.74, 6) is 0.637. The molecule has 1 heterocycles. The van der Waals surface area contributed by atoms with Gasteiger partial charge in [0.05, 0.1) is 15.5 Å². The van der Waals surface area contributed by atoms with Gasteiger partial charge in [-0.25, -0.2) is 4.98 Å². The quantitative estimate of drug-likeness (QED) is 0.441. The number of unbranched alkanes of at least 4 members (excludes halogenated alkanes) is 1. The van der Waals surface area contributed by atoms with Crippen LogP contribution in [0.2, 0.25) is 0 Å². The number of hydrogen-bond donors (Lipinski definition) is 1. The van der Waals surface area contributed by atoms with Crippen LogP contribution in [0.1, 0.15) is 32.3 Å². The van der Waals surface area contributed by atoms with Crippen molar-refractivity contribution in [3.05, 3.63) is 26.3 Å². The summed E-state index contributed by atoms with van der Waals surface area (Å²) in [4.78, 5) is 14.4. The van der Waals surface area contributed by atoms with Crippen LogP contribution in [0, 0.1) is 17.0 Å². The summed E-state index contributed by atoms with van der Waals surface area (Å²) in [6.07, 6.45) is 3.46. The fraction of sp³-hybridized carbons (Fsp3) is 0.615. The zero-order valence-corrected chi connectivity index (χ0v) is 13.6. The molecule has 0 saturated carbocycles. The lowest BCUT2D eigenvalue weighted by molar-refractivity contribution is -0.385. The lowest BCUT2D eigenvalue weighted by atomic mass is 10.2. The van der Waals surface area contributed by atoms with Gasteiger partial charge in [0.1, 0.15) is 12.0 Å². The molecule has 0 aromatic carbocycles. The molecule has 0 unspecified atom stereocenters. The zero-order chi connectivity index (χ0) is 15.1. The van der Waals surface area contributed by atoms with Gasteiger partial charge in [0.25, 0.3) is 5.69 Å². The van der Waals surface area contributed by atoms with Gasteiger partial charge in [-0.15, -0.1) is 0 Å². The van der Waals surface area contributed by atoms with Crippen LogP contribution >= 0.6 is 15.9 Å². The fourth-order valence-electron chi connectivity index (χ4n) is 1.63. The Kier molecular flexibility index (Phi) is 6.87. The van der Waals surface area contributed by atoms with Crippen LogP contribution in [0.25, 0.3) is 0 Å². The highest BCUT2D eigenvalue weighted by Gasteiger charge is 2.16. The Balaban J connectivity index is 2.45. The van der Waals surface area contributed by atoms with E-state index in [0.29, 0.717) is 15.9 Å².